The summed E-state index contributed by atoms with van der Waals surface area (Å²) in [7, 11) is 3.50. The smallest absolute Gasteiger partial charge is 0.278 e. The molecule has 0 aliphatic carbocycles. The molecule has 3 rings (SSSR count). The molecule has 1 aromatic carbocycles. The van der Waals surface area contributed by atoms with Gasteiger partial charge in [-0.1, -0.05) is 6.07 Å². The molecule has 5 heteroatoms. The Hall–Kier alpha value is -1.85. The molecule has 1 aliphatic rings. The second-order valence-corrected chi connectivity index (χ2v) is 4.88. The van der Waals surface area contributed by atoms with Crippen LogP contribution in [0.2, 0.25) is 0 Å². The highest BCUT2D eigenvalue weighted by atomic mass is 16.7. The zero-order valence-corrected chi connectivity index (χ0v) is 11.1. The van der Waals surface area contributed by atoms with E-state index >= 15 is 0 Å². The average Bonchev–Trinajstić information content (AvgIpc) is 2.71. The lowest BCUT2D eigenvalue weighted by Gasteiger charge is -2.21. The number of hydroxylamine groups is 2. The van der Waals surface area contributed by atoms with Crippen molar-refractivity contribution in [1.29, 1.82) is 0 Å². The third-order valence-corrected chi connectivity index (χ3v) is 3.83. The summed E-state index contributed by atoms with van der Waals surface area (Å²) in [6.45, 7) is 0.972. The van der Waals surface area contributed by atoms with E-state index in [-0.39, 0.29) is 11.8 Å². The molecule has 0 saturated heterocycles. The van der Waals surface area contributed by atoms with Crippen LogP contribution in [-0.2, 0) is 11.9 Å². The lowest BCUT2D eigenvalue weighted by molar-refractivity contribution is -0.0971. The molecule has 1 aliphatic heterocycles. The van der Waals surface area contributed by atoms with Crippen LogP contribution in [0.15, 0.2) is 24.4 Å². The highest BCUT2D eigenvalue weighted by Crippen LogP contribution is 2.34. The van der Waals surface area contributed by atoms with Gasteiger partial charge >= 0.3 is 0 Å². The Morgan fingerprint density at radius 1 is 1.47 bits per heavy atom. The van der Waals surface area contributed by atoms with E-state index in [2.05, 4.69) is 6.20 Å². The maximum absolute atomic E-state index is 12.5. The molecule has 2 heterocycles. The first-order valence-electron chi connectivity index (χ1n) is 6.31. The van der Waals surface area contributed by atoms with Crippen molar-refractivity contribution < 1.29 is 9.63 Å². The van der Waals surface area contributed by atoms with Crippen LogP contribution in [0.25, 0.3) is 10.9 Å². The Kier molecular flexibility index (Phi) is 2.80. The summed E-state index contributed by atoms with van der Waals surface area (Å²) in [5.74, 6) is -0.00671. The van der Waals surface area contributed by atoms with E-state index in [1.807, 2.05) is 29.8 Å². The number of aromatic nitrogens is 1. The molecule has 0 bridgehead atoms. The topological polar surface area (TPSA) is 60.5 Å². The molecule has 1 unspecified atom stereocenters. The van der Waals surface area contributed by atoms with Gasteiger partial charge in [-0.2, -0.15) is 0 Å². The van der Waals surface area contributed by atoms with Crippen molar-refractivity contribution in [3.63, 3.8) is 0 Å². The Morgan fingerprint density at radius 3 is 2.95 bits per heavy atom. The zero-order chi connectivity index (χ0) is 13.6. The minimum Gasteiger partial charge on any atom is -0.350 e. The van der Waals surface area contributed by atoms with Crippen LogP contribution in [0.3, 0.4) is 0 Å². The molecule has 19 heavy (non-hydrogen) atoms. The Labute approximate surface area is 111 Å². The predicted octanol–water partition coefficient (Wildman–Crippen LogP) is 1.24. The van der Waals surface area contributed by atoms with Gasteiger partial charge in [-0.05, 0) is 17.7 Å². The van der Waals surface area contributed by atoms with E-state index in [0.29, 0.717) is 18.7 Å². The summed E-state index contributed by atoms with van der Waals surface area (Å²) >= 11 is 0. The van der Waals surface area contributed by atoms with Crippen molar-refractivity contribution in [1.82, 2.24) is 9.63 Å². The van der Waals surface area contributed by atoms with Crippen LogP contribution in [0.4, 0.5) is 0 Å². The molecule has 1 aromatic heterocycles. The standard InChI is InChI=1S/C14H17N3O2/c1-16-8-11-9(6-15)7-17(19-2)14(18)10-4-3-5-12(16)13(10)11/h3-5,8-9H,6-7,15H2,1-2H3. The molecule has 100 valence electrons. The number of carbonyl (C=O) groups excluding carboxylic acids is 1. The number of carbonyl (C=O) groups is 1. The number of benzene rings is 1. The Bertz CT molecular complexity index is 647. The monoisotopic (exact) mass is 259 g/mol. The quantitative estimate of drug-likeness (QED) is 0.882. The van der Waals surface area contributed by atoms with E-state index in [9.17, 15) is 4.79 Å². The lowest BCUT2D eigenvalue weighted by Crippen LogP contribution is -2.34. The highest BCUT2D eigenvalue weighted by Gasteiger charge is 2.30. The summed E-state index contributed by atoms with van der Waals surface area (Å²) in [6, 6.07) is 5.76. The van der Waals surface area contributed by atoms with Crippen molar-refractivity contribution in [2.24, 2.45) is 12.8 Å². The number of nitrogens with zero attached hydrogens (tertiary/aromatic N) is 2. The molecule has 1 amide bonds. The number of aryl methyl sites for hydroxylation is 1. The Morgan fingerprint density at radius 2 is 2.26 bits per heavy atom. The van der Waals surface area contributed by atoms with Gasteiger partial charge in [0.1, 0.15) is 0 Å². The SMILES string of the molecule is CON1CC(CN)c2cn(C)c3cccc(c23)C1=O. The van der Waals surface area contributed by atoms with E-state index in [0.717, 1.165) is 16.5 Å². The van der Waals surface area contributed by atoms with Crippen LogP contribution in [0.1, 0.15) is 21.8 Å². The lowest BCUT2D eigenvalue weighted by atomic mass is 9.97. The van der Waals surface area contributed by atoms with E-state index in [4.69, 9.17) is 10.6 Å². The fourth-order valence-corrected chi connectivity index (χ4v) is 2.84. The number of hydrogen-bond donors (Lipinski definition) is 1. The first-order chi connectivity index (χ1) is 9.17. The number of amides is 1. The van der Waals surface area contributed by atoms with Gasteiger partial charge in [-0.3, -0.25) is 9.63 Å². The molecule has 1 atom stereocenters. The molecule has 5 nitrogen and oxygen atoms in total. The maximum Gasteiger partial charge on any atom is 0.278 e. The van der Waals surface area contributed by atoms with E-state index < -0.39 is 0 Å². The van der Waals surface area contributed by atoms with Gasteiger partial charge in [0.2, 0.25) is 0 Å². The zero-order valence-electron chi connectivity index (χ0n) is 11.1. The third kappa shape index (κ3) is 1.66. The van der Waals surface area contributed by atoms with Gasteiger partial charge in [0.05, 0.1) is 19.2 Å². The molecular formula is C14H17N3O2. The van der Waals surface area contributed by atoms with Crippen LogP contribution >= 0.6 is 0 Å². The molecule has 0 spiro atoms. The van der Waals surface area contributed by atoms with Crippen LogP contribution < -0.4 is 5.73 Å². The van der Waals surface area contributed by atoms with Crippen molar-refractivity contribution in [3.8, 4) is 0 Å². The van der Waals surface area contributed by atoms with Crippen molar-refractivity contribution in [2.75, 3.05) is 20.2 Å². The van der Waals surface area contributed by atoms with Crippen LogP contribution in [0, 0.1) is 0 Å². The summed E-state index contributed by atoms with van der Waals surface area (Å²) in [5.41, 5.74) is 8.74. The minimum atomic E-state index is -0.100. The minimum absolute atomic E-state index is 0.0937. The van der Waals surface area contributed by atoms with Crippen LogP contribution in [0.5, 0.6) is 0 Å². The normalized spacial score (nSPS) is 19.0. The predicted molar refractivity (Wildman–Crippen MR) is 72.8 cm³/mol. The molecular weight excluding hydrogens is 242 g/mol. The summed E-state index contributed by atoms with van der Waals surface area (Å²) < 4.78 is 2.05. The summed E-state index contributed by atoms with van der Waals surface area (Å²) in [6.07, 6.45) is 2.07. The van der Waals surface area contributed by atoms with Crippen molar-refractivity contribution in [2.45, 2.75) is 5.92 Å². The average molecular weight is 259 g/mol. The van der Waals surface area contributed by atoms with E-state index in [1.165, 1.54) is 12.2 Å². The Balaban J connectivity index is 2.33. The number of nitrogens with two attached hydrogens (primary N) is 1. The first-order valence-corrected chi connectivity index (χ1v) is 6.31. The largest absolute Gasteiger partial charge is 0.350 e. The van der Waals surface area contributed by atoms with Crippen molar-refractivity contribution in [3.05, 3.63) is 35.5 Å². The summed E-state index contributed by atoms with van der Waals surface area (Å²) in [5, 5.41) is 2.40. The van der Waals surface area contributed by atoms with Crippen molar-refractivity contribution >= 4 is 16.8 Å². The fourth-order valence-electron chi connectivity index (χ4n) is 2.84. The van der Waals surface area contributed by atoms with Gasteiger partial charge in [0.25, 0.3) is 5.91 Å². The van der Waals surface area contributed by atoms with Gasteiger partial charge in [-0.15, -0.1) is 0 Å². The number of rotatable bonds is 2. The highest BCUT2D eigenvalue weighted by molar-refractivity contribution is 6.08. The molecule has 0 fully saturated rings. The first kappa shape index (κ1) is 12.2. The molecule has 2 N–H and O–H groups in total. The number of hydrogen-bond acceptors (Lipinski definition) is 3. The molecule has 0 radical (unpaired) electrons. The molecule has 0 saturated carbocycles. The maximum atomic E-state index is 12.5. The second-order valence-electron chi connectivity index (χ2n) is 4.88. The van der Waals surface area contributed by atoms with Gasteiger partial charge in [-0.25, -0.2) is 5.06 Å². The van der Waals surface area contributed by atoms with E-state index in [1.54, 1.807) is 0 Å². The molecule has 2 aromatic rings. The summed E-state index contributed by atoms with van der Waals surface area (Å²) in [4.78, 5) is 17.7. The second kappa shape index (κ2) is 4.36. The van der Waals surface area contributed by atoms with Gasteiger partial charge in [0, 0.05) is 36.6 Å². The van der Waals surface area contributed by atoms with Gasteiger partial charge < -0.3 is 10.3 Å². The third-order valence-electron chi connectivity index (χ3n) is 3.83. The van der Waals surface area contributed by atoms with Gasteiger partial charge in [0.15, 0.2) is 0 Å². The fraction of sp³-hybridized carbons (Fsp3) is 0.357. The van der Waals surface area contributed by atoms with Crippen LogP contribution in [-0.4, -0.2) is 35.7 Å².